The Balaban J connectivity index is 1.91. The fourth-order valence-corrected chi connectivity index (χ4v) is 7.15. The van der Waals surface area contributed by atoms with Gasteiger partial charge in [-0.05, 0) is 78.3 Å². The van der Waals surface area contributed by atoms with Gasteiger partial charge in [0.1, 0.15) is 6.04 Å². The molecular formula is C33H55N5O6S. The molecule has 1 saturated carbocycles. The summed E-state index contributed by atoms with van der Waals surface area (Å²) in [5, 5.41) is 23.1. The zero-order valence-corrected chi connectivity index (χ0v) is 28.9. The number of aliphatic hydroxyl groups excluding tert-OH is 1. The van der Waals surface area contributed by atoms with E-state index in [-0.39, 0.29) is 25.4 Å². The van der Waals surface area contributed by atoms with Crippen LogP contribution in [0.25, 0.3) is 0 Å². The van der Waals surface area contributed by atoms with Crippen molar-refractivity contribution in [2.75, 3.05) is 32.9 Å². The Morgan fingerprint density at radius 1 is 1.00 bits per heavy atom. The number of rotatable bonds is 13. The Morgan fingerprint density at radius 3 is 2.20 bits per heavy atom. The molecule has 0 aromatic heterocycles. The molecule has 2 unspecified atom stereocenters. The fourth-order valence-electron chi connectivity index (χ4n) is 6.55. The molecule has 1 heterocycles. The first-order valence-corrected chi connectivity index (χ1v) is 18.0. The highest BCUT2D eigenvalue weighted by molar-refractivity contribution is 7.92. The largest absolute Gasteiger partial charge is 0.390 e. The SMILES string of the molecule is CNCC(=O)N[C@H](C(=O)N[C@@H](Cc1ccccc1)[C@H](O)CN1CC2CCCCC2C[C@H]1C(=O)NC(C)(C)C)C(C)(C)S(C)(=O)=O. The van der Waals surface area contributed by atoms with E-state index < -0.39 is 56.2 Å². The number of likely N-dealkylation sites (N-methyl/N-ethyl adjacent to an activating group) is 1. The minimum absolute atomic E-state index is 0.0652. The molecule has 5 N–H and O–H groups in total. The van der Waals surface area contributed by atoms with Gasteiger partial charge in [-0.1, -0.05) is 49.6 Å². The first-order valence-electron chi connectivity index (χ1n) is 16.1. The monoisotopic (exact) mass is 649 g/mol. The van der Waals surface area contributed by atoms with Crippen LogP contribution in [0.2, 0.25) is 0 Å². The molecule has 6 atom stereocenters. The number of β-amino-alcohol motifs (C(OH)–C–C–N with tert-alkyl or cyclic N) is 1. The van der Waals surface area contributed by atoms with E-state index in [0.717, 1.165) is 37.5 Å². The number of nitrogens with one attached hydrogen (secondary N) is 4. The number of fused-ring (bicyclic) bond motifs is 1. The second-order valence-corrected chi connectivity index (χ2v) is 17.1. The molecule has 0 spiro atoms. The number of aliphatic hydroxyl groups is 1. The molecule has 3 rings (SSSR count). The van der Waals surface area contributed by atoms with Crippen LogP contribution in [-0.2, 0) is 30.6 Å². The van der Waals surface area contributed by atoms with Gasteiger partial charge in [0, 0.05) is 24.9 Å². The first kappa shape index (κ1) is 36.9. The summed E-state index contributed by atoms with van der Waals surface area (Å²) in [5.41, 5.74) is 0.460. The minimum atomic E-state index is -3.80. The standard InChI is InChI=1S/C33H55N5O6S/c1-32(2,3)37-30(41)26-18-23-15-11-12-16-24(23)20-38(26)21-27(39)25(17-22-13-9-8-10-14-22)35-31(42)29(36-28(40)19-34-6)33(4,5)45(7,43)44/h8-10,13-14,23-27,29,34,39H,11-12,15-21H2,1-7H3,(H,35,42)(H,36,40)(H,37,41)/t23?,24?,25-,26-,27+,29+/m0/s1. The summed E-state index contributed by atoms with van der Waals surface area (Å²) in [6.45, 7) is 9.38. The van der Waals surface area contributed by atoms with Gasteiger partial charge in [-0.15, -0.1) is 0 Å². The summed E-state index contributed by atoms with van der Waals surface area (Å²) >= 11 is 0. The minimum Gasteiger partial charge on any atom is -0.390 e. The summed E-state index contributed by atoms with van der Waals surface area (Å²) in [5.74, 6) is -0.401. The highest BCUT2D eigenvalue weighted by Crippen LogP contribution is 2.39. The lowest BCUT2D eigenvalue weighted by Gasteiger charge is -2.47. The lowest BCUT2D eigenvalue weighted by Crippen LogP contribution is -2.64. The molecule has 1 aliphatic carbocycles. The van der Waals surface area contributed by atoms with Gasteiger partial charge < -0.3 is 26.4 Å². The van der Waals surface area contributed by atoms with Crippen LogP contribution in [0.15, 0.2) is 30.3 Å². The van der Waals surface area contributed by atoms with Crippen molar-refractivity contribution < 1.29 is 27.9 Å². The van der Waals surface area contributed by atoms with Crippen LogP contribution in [0.5, 0.6) is 0 Å². The molecule has 1 aliphatic heterocycles. The highest BCUT2D eigenvalue weighted by atomic mass is 32.2. The van der Waals surface area contributed by atoms with Gasteiger partial charge in [-0.3, -0.25) is 19.3 Å². The Kier molecular flexibility index (Phi) is 12.6. The lowest BCUT2D eigenvalue weighted by atomic mass is 9.72. The molecule has 11 nitrogen and oxygen atoms in total. The van der Waals surface area contributed by atoms with Gasteiger partial charge in [-0.25, -0.2) is 8.42 Å². The third-order valence-corrected chi connectivity index (χ3v) is 11.5. The van der Waals surface area contributed by atoms with Crippen molar-refractivity contribution in [2.45, 2.75) is 108 Å². The van der Waals surface area contributed by atoms with E-state index in [1.54, 1.807) is 7.05 Å². The smallest absolute Gasteiger partial charge is 0.244 e. The number of hydrogen-bond acceptors (Lipinski definition) is 8. The molecule has 2 fully saturated rings. The van der Waals surface area contributed by atoms with Crippen molar-refractivity contribution in [3.63, 3.8) is 0 Å². The van der Waals surface area contributed by atoms with E-state index in [4.69, 9.17) is 0 Å². The third kappa shape index (κ3) is 10.2. The summed E-state index contributed by atoms with van der Waals surface area (Å²) in [4.78, 5) is 42.1. The maximum atomic E-state index is 13.9. The van der Waals surface area contributed by atoms with Gasteiger partial charge in [0.25, 0.3) is 0 Å². The van der Waals surface area contributed by atoms with E-state index in [1.807, 2.05) is 51.1 Å². The summed E-state index contributed by atoms with van der Waals surface area (Å²) < 4.78 is 23.9. The van der Waals surface area contributed by atoms with Crippen molar-refractivity contribution in [2.24, 2.45) is 11.8 Å². The molecule has 1 saturated heterocycles. The van der Waals surface area contributed by atoms with Crippen LogP contribution < -0.4 is 21.3 Å². The molecular weight excluding hydrogens is 594 g/mol. The molecule has 12 heteroatoms. The number of carbonyl (C=O) groups is 3. The van der Waals surface area contributed by atoms with Gasteiger partial charge in [0.05, 0.1) is 29.5 Å². The second kappa shape index (κ2) is 15.4. The average Bonchev–Trinajstić information content (AvgIpc) is 2.94. The summed E-state index contributed by atoms with van der Waals surface area (Å²) in [7, 11) is -2.22. The number of carbonyl (C=O) groups excluding carboxylic acids is 3. The zero-order chi connectivity index (χ0) is 33.6. The van der Waals surface area contributed by atoms with Gasteiger partial charge in [0.2, 0.25) is 17.7 Å². The summed E-state index contributed by atoms with van der Waals surface area (Å²) in [6.07, 6.45) is 5.44. The van der Waals surface area contributed by atoms with Crippen molar-refractivity contribution in [3.8, 4) is 0 Å². The maximum Gasteiger partial charge on any atom is 0.244 e. The topological polar surface area (TPSA) is 157 Å². The van der Waals surface area contributed by atoms with Crippen molar-refractivity contribution in [1.29, 1.82) is 0 Å². The predicted octanol–water partition coefficient (Wildman–Crippen LogP) is 1.40. The molecule has 1 aromatic rings. The van der Waals surface area contributed by atoms with Gasteiger partial charge in [0.15, 0.2) is 9.84 Å². The van der Waals surface area contributed by atoms with Crippen LogP contribution in [0, 0.1) is 11.8 Å². The number of hydrogen-bond donors (Lipinski definition) is 5. The number of benzene rings is 1. The number of piperidine rings is 1. The number of sulfone groups is 1. The molecule has 0 radical (unpaired) electrons. The fraction of sp³-hybridized carbons (Fsp3) is 0.727. The second-order valence-electron chi connectivity index (χ2n) is 14.5. The van der Waals surface area contributed by atoms with E-state index >= 15 is 0 Å². The van der Waals surface area contributed by atoms with Gasteiger partial charge >= 0.3 is 0 Å². The third-order valence-electron chi connectivity index (χ3n) is 9.37. The normalized spacial score (nSPS) is 23.2. The number of nitrogens with zero attached hydrogens (tertiary/aromatic N) is 1. The van der Waals surface area contributed by atoms with Crippen LogP contribution in [-0.4, -0.2) is 104 Å². The number of amides is 3. The highest BCUT2D eigenvalue weighted by Gasteiger charge is 2.46. The van der Waals surface area contributed by atoms with Crippen LogP contribution in [0.3, 0.4) is 0 Å². The Hall–Kier alpha value is -2.54. The predicted molar refractivity (Wildman–Crippen MR) is 176 cm³/mol. The first-order chi connectivity index (χ1) is 20.9. The van der Waals surface area contributed by atoms with Crippen molar-refractivity contribution >= 4 is 27.6 Å². The molecule has 2 aliphatic rings. The zero-order valence-electron chi connectivity index (χ0n) is 28.1. The Bertz CT molecular complexity index is 1270. The van der Waals surface area contributed by atoms with Crippen molar-refractivity contribution in [3.05, 3.63) is 35.9 Å². The Morgan fingerprint density at radius 2 is 1.62 bits per heavy atom. The lowest BCUT2D eigenvalue weighted by molar-refractivity contribution is -0.133. The summed E-state index contributed by atoms with van der Waals surface area (Å²) in [6, 6.07) is 6.75. The van der Waals surface area contributed by atoms with Crippen LogP contribution >= 0.6 is 0 Å². The molecule has 1 aromatic carbocycles. The molecule has 45 heavy (non-hydrogen) atoms. The number of likely N-dealkylation sites (tertiary alicyclic amines) is 1. The maximum absolute atomic E-state index is 13.9. The quantitative estimate of drug-likeness (QED) is 0.215. The molecule has 254 valence electrons. The van der Waals surface area contributed by atoms with Crippen LogP contribution in [0.4, 0.5) is 0 Å². The van der Waals surface area contributed by atoms with E-state index in [1.165, 1.54) is 20.3 Å². The molecule has 3 amide bonds. The average molecular weight is 650 g/mol. The van der Waals surface area contributed by atoms with E-state index in [9.17, 15) is 27.9 Å². The van der Waals surface area contributed by atoms with Crippen molar-refractivity contribution in [1.82, 2.24) is 26.2 Å². The van der Waals surface area contributed by atoms with E-state index in [0.29, 0.717) is 18.4 Å². The Labute approximate surface area is 269 Å². The van der Waals surface area contributed by atoms with E-state index in [2.05, 4.69) is 26.2 Å². The van der Waals surface area contributed by atoms with Gasteiger partial charge in [-0.2, -0.15) is 0 Å². The molecule has 0 bridgehead atoms. The van der Waals surface area contributed by atoms with Crippen LogP contribution in [0.1, 0.15) is 72.3 Å².